The van der Waals surface area contributed by atoms with Gasteiger partial charge >= 0.3 is 0 Å². The van der Waals surface area contributed by atoms with Gasteiger partial charge in [0, 0.05) is 18.9 Å². The van der Waals surface area contributed by atoms with Gasteiger partial charge in [-0.25, -0.2) is 9.67 Å². The molecule has 0 radical (unpaired) electrons. The number of aryl methyl sites for hydroxylation is 2. The molecular weight excluding hydrogens is 332 g/mol. The second-order valence-electron chi connectivity index (χ2n) is 6.92. The number of rotatable bonds is 3. The Balaban J connectivity index is 0.000000552. The fourth-order valence-electron chi connectivity index (χ4n) is 3.30. The highest BCUT2D eigenvalue weighted by Gasteiger charge is 2.30. The van der Waals surface area contributed by atoms with Crippen LogP contribution in [-0.2, 0) is 11.3 Å². The molecule has 0 bridgehead atoms. The molecule has 0 unspecified atom stereocenters. The van der Waals surface area contributed by atoms with Gasteiger partial charge in [0.15, 0.2) is 0 Å². The number of nitrogens with zero attached hydrogens (tertiary/aromatic N) is 3. The van der Waals surface area contributed by atoms with Crippen molar-refractivity contribution < 1.29 is 15.0 Å². The SMILES string of the molecule is CC(=O)O.Cc1cccc(Cn2nc(C)nc2[C@H]2CC[C@@H](O)[C@H](N)C2)c1. The van der Waals surface area contributed by atoms with Crippen LogP contribution in [0.25, 0.3) is 0 Å². The first-order chi connectivity index (χ1) is 12.3. The third kappa shape index (κ3) is 5.64. The highest BCUT2D eigenvalue weighted by Crippen LogP contribution is 2.31. The Morgan fingerprint density at radius 2 is 2.04 bits per heavy atom. The number of carboxylic acid groups (broad SMARTS) is 1. The van der Waals surface area contributed by atoms with E-state index in [1.54, 1.807) is 0 Å². The van der Waals surface area contributed by atoms with Crippen molar-refractivity contribution in [2.45, 2.75) is 64.6 Å². The van der Waals surface area contributed by atoms with Gasteiger partial charge in [0.2, 0.25) is 0 Å². The zero-order valence-electron chi connectivity index (χ0n) is 15.6. The van der Waals surface area contributed by atoms with Crippen LogP contribution in [0.2, 0.25) is 0 Å². The van der Waals surface area contributed by atoms with Gasteiger partial charge in [-0.1, -0.05) is 29.8 Å². The van der Waals surface area contributed by atoms with Crippen molar-refractivity contribution in [3.05, 3.63) is 47.0 Å². The molecule has 1 fully saturated rings. The third-order valence-electron chi connectivity index (χ3n) is 4.45. The van der Waals surface area contributed by atoms with Gasteiger partial charge < -0.3 is 15.9 Å². The monoisotopic (exact) mass is 360 g/mol. The van der Waals surface area contributed by atoms with Gasteiger partial charge in [-0.05, 0) is 38.7 Å². The summed E-state index contributed by atoms with van der Waals surface area (Å²) >= 11 is 0. The van der Waals surface area contributed by atoms with Crippen LogP contribution in [0.1, 0.15) is 54.9 Å². The molecule has 0 amide bonds. The lowest BCUT2D eigenvalue weighted by Crippen LogP contribution is -2.40. The highest BCUT2D eigenvalue weighted by molar-refractivity contribution is 5.62. The lowest BCUT2D eigenvalue weighted by Gasteiger charge is -2.30. The zero-order valence-corrected chi connectivity index (χ0v) is 15.6. The maximum atomic E-state index is 9.81. The summed E-state index contributed by atoms with van der Waals surface area (Å²) in [5.41, 5.74) is 8.50. The first-order valence-electron chi connectivity index (χ1n) is 8.86. The summed E-state index contributed by atoms with van der Waals surface area (Å²) in [6.45, 7) is 5.83. The Morgan fingerprint density at radius 3 is 2.65 bits per heavy atom. The second kappa shape index (κ2) is 8.91. The number of hydrogen-bond acceptors (Lipinski definition) is 5. The van der Waals surface area contributed by atoms with Crippen molar-refractivity contribution in [3.8, 4) is 0 Å². The predicted molar refractivity (Wildman–Crippen MR) is 98.9 cm³/mol. The molecule has 1 saturated carbocycles. The van der Waals surface area contributed by atoms with Crippen LogP contribution in [0.4, 0.5) is 0 Å². The van der Waals surface area contributed by atoms with Gasteiger partial charge in [0.1, 0.15) is 11.6 Å². The van der Waals surface area contributed by atoms with Crippen LogP contribution in [0.15, 0.2) is 24.3 Å². The smallest absolute Gasteiger partial charge is 0.300 e. The molecule has 1 aromatic heterocycles. The molecule has 142 valence electrons. The van der Waals surface area contributed by atoms with Crippen molar-refractivity contribution in [1.29, 1.82) is 0 Å². The van der Waals surface area contributed by atoms with Crippen molar-refractivity contribution in [2.75, 3.05) is 0 Å². The number of benzene rings is 1. The van der Waals surface area contributed by atoms with E-state index in [0.717, 1.165) is 44.4 Å². The highest BCUT2D eigenvalue weighted by atomic mass is 16.4. The minimum atomic E-state index is -0.833. The van der Waals surface area contributed by atoms with E-state index in [-0.39, 0.29) is 18.1 Å². The maximum Gasteiger partial charge on any atom is 0.300 e. The zero-order chi connectivity index (χ0) is 19.3. The summed E-state index contributed by atoms with van der Waals surface area (Å²) in [5, 5.41) is 21.8. The number of aliphatic hydroxyl groups excluding tert-OH is 1. The number of aliphatic carboxylic acids is 1. The molecule has 0 spiro atoms. The van der Waals surface area contributed by atoms with E-state index in [1.165, 1.54) is 11.1 Å². The molecule has 1 aliphatic rings. The molecule has 3 rings (SSSR count). The Morgan fingerprint density at radius 1 is 1.35 bits per heavy atom. The molecule has 7 heteroatoms. The van der Waals surface area contributed by atoms with E-state index < -0.39 is 5.97 Å². The van der Waals surface area contributed by atoms with E-state index in [2.05, 4.69) is 41.3 Å². The Bertz CT molecular complexity index is 740. The quantitative estimate of drug-likeness (QED) is 0.771. The summed E-state index contributed by atoms with van der Waals surface area (Å²) in [6.07, 6.45) is 2.04. The van der Waals surface area contributed by atoms with Crippen LogP contribution in [0.5, 0.6) is 0 Å². The maximum absolute atomic E-state index is 9.81. The molecule has 4 N–H and O–H groups in total. The van der Waals surface area contributed by atoms with E-state index >= 15 is 0 Å². The molecule has 26 heavy (non-hydrogen) atoms. The van der Waals surface area contributed by atoms with Crippen LogP contribution < -0.4 is 5.73 Å². The van der Waals surface area contributed by atoms with E-state index in [4.69, 9.17) is 15.6 Å². The normalized spacial score (nSPS) is 22.4. The Labute approximate surface area is 153 Å². The summed E-state index contributed by atoms with van der Waals surface area (Å²) in [5.74, 6) is 1.24. The van der Waals surface area contributed by atoms with Gasteiger partial charge in [-0.15, -0.1) is 0 Å². The first kappa shape index (κ1) is 20.1. The second-order valence-corrected chi connectivity index (χ2v) is 6.92. The Hall–Kier alpha value is -2.25. The predicted octanol–water partition coefficient (Wildman–Crippen LogP) is 1.99. The van der Waals surface area contributed by atoms with Crippen LogP contribution in [-0.4, -0.2) is 43.1 Å². The van der Waals surface area contributed by atoms with Crippen LogP contribution >= 0.6 is 0 Å². The molecular formula is C19H28N4O3. The summed E-state index contributed by atoms with van der Waals surface area (Å²) < 4.78 is 2.00. The lowest BCUT2D eigenvalue weighted by molar-refractivity contribution is -0.134. The molecule has 0 saturated heterocycles. The number of hydrogen-bond donors (Lipinski definition) is 3. The van der Waals surface area contributed by atoms with Gasteiger partial charge in [0.25, 0.3) is 5.97 Å². The van der Waals surface area contributed by atoms with E-state index in [9.17, 15) is 5.11 Å². The molecule has 0 aliphatic heterocycles. The van der Waals surface area contributed by atoms with E-state index in [1.807, 2.05) is 11.6 Å². The van der Waals surface area contributed by atoms with Crippen LogP contribution in [0.3, 0.4) is 0 Å². The fourth-order valence-corrected chi connectivity index (χ4v) is 3.30. The minimum Gasteiger partial charge on any atom is -0.481 e. The molecule has 3 atom stereocenters. The van der Waals surface area contributed by atoms with E-state index in [0.29, 0.717) is 0 Å². The summed E-state index contributed by atoms with van der Waals surface area (Å²) in [4.78, 5) is 13.6. The van der Waals surface area contributed by atoms with Crippen molar-refractivity contribution in [3.63, 3.8) is 0 Å². The summed E-state index contributed by atoms with van der Waals surface area (Å²) in [7, 11) is 0. The average Bonchev–Trinajstić information content (AvgIpc) is 2.90. The minimum absolute atomic E-state index is 0.164. The topological polar surface area (TPSA) is 114 Å². The first-order valence-corrected chi connectivity index (χ1v) is 8.86. The number of carboxylic acids is 1. The van der Waals surface area contributed by atoms with Crippen molar-refractivity contribution in [2.24, 2.45) is 5.73 Å². The standard InChI is InChI=1S/C17H24N4O.C2H4O2/c1-11-4-3-5-13(8-11)10-21-17(19-12(2)20-21)14-6-7-16(22)15(18)9-14;1-2(3)4/h3-5,8,14-16,22H,6-7,9-10,18H2,1-2H3;1H3,(H,3,4)/t14-,15+,16+;/m0./s1. The number of carbonyl (C=O) groups is 1. The van der Waals surface area contributed by atoms with Crippen LogP contribution in [0, 0.1) is 13.8 Å². The molecule has 2 aromatic rings. The number of aliphatic hydroxyl groups is 1. The molecule has 1 heterocycles. The van der Waals surface area contributed by atoms with Crippen molar-refractivity contribution >= 4 is 5.97 Å². The van der Waals surface area contributed by atoms with Gasteiger partial charge in [0.05, 0.1) is 12.6 Å². The largest absolute Gasteiger partial charge is 0.481 e. The number of nitrogens with two attached hydrogens (primary N) is 1. The van der Waals surface area contributed by atoms with Gasteiger partial charge in [-0.2, -0.15) is 5.10 Å². The molecule has 1 aromatic carbocycles. The van der Waals surface area contributed by atoms with Crippen molar-refractivity contribution in [1.82, 2.24) is 14.8 Å². The molecule has 7 nitrogen and oxygen atoms in total. The lowest BCUT2D eigenvalue weighted by atomic mass is 9.83. The third-order valence-corrected chi connectivity index (χ3v) is 4.45. The summed E-state index contributed by atoms with van der Waals surface area (Å²) in [6, 6.07) is 8.30. The Kier molecular flexibility index (Phi) is 6.88. The van der Waals surface area contributed by atoms with Gasteiger partial charge in [-0.3, -0.25) is 4.79 Å². The average molecular weight is 360 g/mol. The fraction of sp³-hybridized carbons (Fsp3) is 0.526. The molecule has 1 aliphatic carbocycles. The number of aromatic nitrogens is 3.